The van der Waals surface area contributed by atoms with E-state index in [1.807, 2.05) is 6.92 Å². The third-order valence-electron chi connectivity index (χ3n) is 2.49. The van der Waals surface area contributed by atoms with Crippen LogP contribution in [0.5, 0.6) is 0 Å². The number of carbonyl (C=O) groups excluding carboxylic acids is 1. The predicted octanol–water partition coefficient (Wildman–Crippen LogP) is 1.64. The fraction of sp³-hybridized carbons (Fsp3) is 0.417. The number of hydrogen-bond donors (Lipinski definition) is 1. The topological polar surface area (TPSA) is 63.2 Å². The Hall–Kier alpha value is -1.20. The Morgan fingerprint density at radius 1 is 1.29 bits per heavy atom. The molecule has 0 spiro atoms. The number of sulfonamides is 1. The summed E-state index contributed by atoms with van der Waals surface area (Å²) in [7, 11) is -3.60. The monoisotopic (exact) mass is 255 g/mol. The summed E-state index contributed by atoms with van der Waals surface area (Å²) >= 11 is 0. The molecule has 0 aliphatic heterocycles. The minimum atomic E-state index is -3.60. The van der Waals surface area contributed by atoms with Gasteiger partial charge in [-0.1, -0.05) is 24.6 Å². The molecular formula is C12H17NO3S. The molecule has 0 radical (unpaired) electrons. The van der Waals surface area contributed by atoms with Gasteiger partial charge in [0.05, 0.1) is 10.9 Å². The molecule has 0 heterocycles. The fourth-order valence-electron chi connectivity index (χ4n) is 1.39. The van der Waals surface area contributed by atoms with Gasteiger partial charge >= 0.3 is 0 Å². The Kier molecular flexibility index (Phi) is 4.42. The second-order valence-electron chi connectivity index (χ2n) is 3.98. The van der Waals surface area contributed by atoms with E-state index >= 15 is 0 Å². The smallest absolute Gasteiger partial charge is 0.241 e. The van der Waals surface area contributed by atoms with Crippen LogP contribution >= 0.6 is 0 Å². The third kappa shape index (κ3) is 3.64. The van der Waals surface area contributed by atoms with E-state index < -0.39 is 16.1 Å². The summed E-state index contributed by atoms with van der Waals surface area (Å²) < 4.78 is 26.2. The average Bonchev–Trinajstić information content (AvgIpc) is 2.27. The number of carbonyl (C=O) groups is 1. The molecule has 0 amide bonds. The number of benzene rings is 1. The van der Waals surface area contributed by atoms with Crippen molar-refractivity contribution in [1.82, 2.24) is 4.72 Å². The molecule has 94 valence electrons. The second kappa shape index (κ2) is 5.42. The fourth-order valence-corrected chi connectivity index (χ4v) is 2.62. The number of aryl methyl sites for hydroxylation is 1. The minimum Gasteiger partial charge on any atom is -0.298 e. The Balaban J connectivity index is 2.89. The van der Waals surface area contributed by atoms with Gasteiger partial charge in [0, 0.05) is 6.42 Å². The average molecular weight is 255 g/mol. The summed E-state index contributed by atoms with van der Waals surface area (Å²) in [6.45, 7) is 5.14. The normalized spacial score (nSPS) is 13.4. The van der Waals surface area contributed by atoms with Crippen LogP contribution < -0.4 is 4.72 Å². The summed E-state index contributed by atoms with van der Waals surface area (Å²) in [5.74, 6) is -0.124. The van der Waals surface area contributed by atoms with Crippen molar-refractivity contribution < 1.29 is 13.2 Å². The molecule has 1 unspecified atom stereocenters. The van der Waals surface area contributed by atoms with Crippen molar-refractivity contribution in [1.29, 1.82) is 0 Å². The van der Waals surface area contributed by atoms with Crippen LogP contribution in [0, 0.1) is 6.92 Å². The highest BCUT2D eigenvalue weighted by Gasteiger charge is 2.20. The molecule has 0 fully saturated rings. The maximum absolute atomic E-state index is 11.9. The zero-order valence-electron chi connectivity index (χ0n) is 10.2. The second-order valence-corrected chi connectivity index (χ2v) is 5.69. The third-order valence-corrected chi connectivity index (χ3v) is 4.05. The zero-order chi connectivity index (χ0) is 13.1. The van der Waals surface area contributed by atoms with E-state index in [-0.39, 0.29) is 10.7 Å². The van der Waals surface area contributed by atoms with Gasteiger partial charge in [-0.05, 0) is 26.0 Å². The first-order valence-corrected chi connectivity index (χ1v) is 6.97. The maximum atomic E-state index is 11.9. The number of hydrogen-bond acceptors (Lipinski definition) is 3. The van der Waals surface area contributed by atoms with E-state index in [9.17, 15) is 13.2 Å². The number of rotatable bonds is 5. The first-order chi connectivity index (χ1) is 7.86. The largest absolute Gasteiger partial charge is 0.298 e. The van der Waals surface area contributed by atoms with E-state index in [0.717, 1.165) is 5.56 Å². The minimum absolute atomic E-state index is 0.124. The molecule has 1 aromatic carbocycles. The van der Waals surface area contributed by atoms with Gasteiger partial charge in [0.15, 0.2) is 0 Å². The molecule has 0 aliphatic carbocycles. The standard InChI is InChI=1S/C12H17NO3S/c1-4-12(14)10(3)13-17(15,16)11-7-5-9(2)6-8-11/h5-8,10,13H,4H2,1-3H3. The van der Waals surface area contributed by atoms with E-state index in [1.165, 1.54) is 12.1 Å². The quantitative estimate of drug-likeness (QED) is 0.870. The van der Waals surface area contributed by atoms with Crippen molar-refractivity contribution >= 4 is 15.8 Å². The number of Topliss-reactive ketones (excluding diaryl/α,β-unsaturated/α-hetero) is 1. The molecule has 0 aromatic heterocycles. The van der Waals surface area contributed by atoms with Crippen LogP contribution in [0.3, 0.4) is 0 Å². The van der Waals surface area contributed by atoms with Gasteiger partial charge in [-0.15, -0.1) is 0 Å². The van der Waals surface area contributed by atoms with Crippen molar-refractivity contribution in [2.24, 2.45) is 0 Å². The first kappa shape index (κ1) is 13.9. The molecule has 4 nitrogen and oxygen atoms in total. The van der Waals surface area contributed by atoms with Gasteiger partial charge < -0.3 is 0 Å². The Morgan fingerprint density at radius 2 is 1.82 bits per heavy atom. The molecule has 0 bridgehead atoms. The molecule has 0 aliphatic rings. The van der Waals surface area contributed by atoms with Crippen LogP contribution in [0.25, 0.3) is 0 Å². The maximum Gasteiger partial charge on any atom is 0.241 e. The van der Waals surface area contributed by atoms with Crippen LogP contribution in [-0.4, -0.2) is 20.2 Å². The molecule has 5 heteroatoms. The van der Waals surface area contributed by atoms with Gasteiger partial charge in [0.2, 0.25) is 10.0 Å². The molecular weight excluding hydrogens is 238 g/mol. The predicted molar refractivity (Wildman–Crippen MR) is 66.3 cm³/mol. The first-order valence-electron chi connectivity index (χ1n) is 5.48. The summed E-state index contributed by atoms with van der Waals surface area (Å²) in [6, 6.07) is 5.81. The van der Waals surface area contributed by atoms with E-state index in [2.05, 4.69) is 4.72 Å². The zero-order valence-corrected chi connectivity index (χ0v) is 11.0. The van der Waals surface area contributed by atoms with Crippen LogP contribution in [-0.2, 0) is 14.8 Å². The van der Waals surface area contributed by atoms with Crippen LogP contribution in [0.4, 0.5) is 0 Å². The van der Waals surface area contributed by atoms with Gasteiger partial charge in [-0.3, -0.25) is 4.79 Å². The lowest BCUT2D eigenvalue weighted by Gasteiger charge is -2.12. The summed E-state index contributed by atoms with van der Waals surface area (Å²) in [4.78, 5) is 11.5. The highest BCUT2D eigenvalue weighted by molar-refractivity contribution is 7.89. The van der Waals surface area contributed by atoms with Crippen molar-refractivity contribution in [3.63, 3.8) is 0 Å². The molecule has 1 rings (SSSR count). The lowest BCUT2D eigenvalue weighted by Crippen LogP contribution is -2.38. The van der Waals surface area contributed by atoms with Gasteiger partial charge in [-0.25, -0.2) is 13.1 Å². The number of nitrogens with one attached hydrogen (secondary N) is 1. The SMILES string of the molecule is CCC(=O)C(C)NS(=O)(=O)c1ccc(C)cc1. The highest BCUT2D eigenvalue weighted by atomic mass is 32.2. The Labute approximate surface area is 102 Å². The van der Waals surface area contributed by atoms with Gasteiger partial charge in [0.25, 0.3) is 0 Å². The summed E-state index contributed by atoms with van der Waals surface area (Å²) in [6.07, 6.45) is 0.317. The summed E-state index contributed by atoms with van der Waals surface area (Å²) in [5, 5.41) is 0. The van der Waals surface area contributed by atoms with Crippen LogP contribution in [0.15, 0.2) is 29.2 Å². The van der Waals surface area contributed by atoms with Crippen molar-refractivity contribution in [3.05, 3.63) is 29.8 Å². The van der Waals surface area contributed by atoms with E-state index in [1.54, 1.807) is 26.0 Å². The molecule has 17 heavy (non-hydrogen) atoms. The van der Waals surface area contributed by atoms with E-state index in [4.69, 9.17) is 0 Å². The lowest BCUT2D eigenvalue weighted by molar-refractivity contribution is -0.119. The summed E-state index contributed by atoms with van der Waals surface area (Å²) in [5.41, 5.74) is 0.988. The van der Waals surface area contributed by atoms with Crippen molar-refractivity contribution in [3.8, 4) is 0 Å². The number of ketones is 1. The highest BCUT2D eigenvalue weighted by Crippen LogP contribution is 2.10. The van der Waals surface area contributed by atoms with Crippen molar-refractivity contribution in [2.75, 3.05) is 0 Å². The molecule has 0 saturated carbocycles. The van der Waals surface area contributed by atoms with Gasteiger partial charge in [0.1, 0.15) is 5.78 Å². The molecule has 1 N–H and O–H groups in total. The van der Waals surface area contributed by atoms with Crippen LogP contribution in [0.2, 0.25) is 0 Å². The van der Waals surface area contributed by atoms with E-state index in [0.29, 0.717) is 6.42 Å². The molecule has 1 aromatic rings. The van der Waals surface area contributed by atoms with Gasteiger partial charge in [-0.2, -0.15) is 0 Å². The van der Waals surface area contributed by atoms with Crippen molar-refractivity contribution in [2.45, 2.75) is 38.1 Å². The Morgan fingerprint density at radius 3 is 2.29 bits per heavy atom. The molecule has 1 atom stereocenters. The molecule has 0 saturated heterocycles. The Bertz CT molecular complexity index is 491. The van der Waals surface area contributed by atoms with Crippen LogP contribution in [0.1, 0.15) is 25.8 Å². The lowest BCUT2D eigenvalue weighted by atomic mass is 10.2.